The molecule has 0 aromatic heterocycles. The highest BCUT2D eigenvalue weighted by Gasteiger charge is 2.35. The van der Waals surface area contributed by atoms with Gasteiger partial charge >= 0.3 is 11.8 Å². The van der Waals surface area contributed by atoms with E-state index in [4.69, 9.17) is 16.3 Å². The molecule has 0 bridgehead atoms. The zero-order chi connectivity index (χ0) is 20.0. The maximum Gasteiger partial charge on any atom is 0.309 e. The largest absolute Gasteiger partial charge is 0.381 e. The molecule has 7 heteroatoms. The van der Waals surface area contributed by atoms with Crippen LogP contribution in [0.5, 0.6) is 0 Å². The summed E-state index contributed by atoms with van der Waals surface area (Å²) in [4.78, 5) is 24.4. The van der Waals surface area contributed by atoms with Crippen molar-refractivity contribution < 1.29 is 18.7 Å². The number of benzene rings is 2. The molecular weight excluding hydrogens is 383 g/mol. The molecule has 5 nitrogen and oxygen atoms in total. The van der Waals surface area contributed by atoms with Crippen LogP contribution in [0.3, 0.4) is 0 Å². The molecule has 1 fully saturated rings. The zero-order valence-corrected chi connectivity index (χ0v) is 16.1. The molecule has 0 aliphatic carbocycles. The van der Waals surface area contributed by atoms with Crippen LogP contribution in [0.15, 0.2) is 48.5 Å². The van der Waals surface area contributed by atoms with E-state index in [0.717, 1.165) is 11.1 Å². The van der Waals surface area contributed by atoms with E-state index in [1.54, 1.807) is 30.3 Å². The number of nitrogens with one attached hydrogen (secondary N) is 2. The topological polar surface area (TPSA) is 67.4 Å². The van der Waals surface area contributed by atoms with Crippen LogP contribution in [0.1, 0.15) is 24.0 Å². The summed E-state index contributed by atoms with van der Waals surface area (Å²) < 4.78 is 18.7. The van der Waals surface area contributed by atoms with Crippen LogP contribution in [0.2, 0.25) is 5.02 Å². The number of carbonyl (C=O) groups is 2. The van der Waals surface area contributed by atoms with Gasteiger partial charge in [-0.05, 0) is 42.2 Å². The van der Waals surface area contributed by atoms with Gasteiger partial charge in [0.25, 0.3) is 0 Å². The quantitative estimate of drug-likeness (QED) is 0.753. The van der Waals surface area contributed by atoms with Crippen LogP contribution < -0.4 is 10.6 Å². The first kappa shape index (κ1) is 20.3. The van der Waals surface area contributed by atoms with Gasteiger partial charge in [0.2, 0.25) is 0 Å². The SMILES string of the molecule is O=C(NCc1ccccc1Cl)C(=O)NCC1(c2ccc(F)cc2)CCOCC1. The molecule has 2 aromatic carbocycles. The van der Waals surface area contributed by atoms with Crippen molar-refractivity contribution in [1.82, 2.24) is 10.6 Å². The predicted molar refractivity (Wildman–Crippen MR) is 104 cm³/mol. The van der Waals surface area contributed by atoms with Gasteiger partial charge in [-0.3, -0.25) is 9.59 Å². The third kappa shape index (κ3) is 4.88. The van der Waals surface area contributed by atoms with Gasteiger partial charge in [-0.15, -0.1) is 0 Å². The number of hydrogen-bond acceptors (Lipinski definition) is 3. The van der Waals surface area contributed by atoms with Gasteiger partial charge in [-0.25, -0.2) is 4.39 Å². The van der Waals surface area contributed by atoms with Crippen LogP contribution in [0.4, 0.5) is 4.39 Å². The molecule has 2 aromatic rings. The molecule has 3 rings (SSSR count). The van der Waals surface area contributed by atoms with Gasteiger partial charge in [0.1, 0.15) is 5.82 Å². The van der Waals surface area contributed by atoms with Crippen LogP contribution >= 0.6 is 11.6 Å². The summed E-state index contributed by atoms with van der Waals surface area (Å²) in [6.07, 6.45) is 1.36. The Kier molecular flexibility index (Phi) is 6.65. The maximum atomic E-state index is 13.3. The van der Waals surface area contributed by atoms with Crippen LogP contribution in [-0.2, 0) is 26.3 Å². The number of ether oxygens (including phenoxy) is 1. The number of halogens is 2. The van der Waals surface area contributed by atoms with Crippen molar-refractivity contribution in [3.63, 3.8) is 0 Å². The normalized spacial score (nSPS) is 15.6. The van der Waals surface area contributed by atoms with E-state index >= 15 is 0 Å². The van der Waals surface area contributed by atoms with Crippen molar-refractivity contribution in [1.29, 1.82) is 0 Å². The standard InChI is InChI=1S/C21H22ClFN2O3/c22-18-4-2-1-3-15(18)13-24-19(26)20(27)25-14-21(9-11-28-12-10-21)16-5-7-17(23)8-6-16/h1-8H,9-14H2,(H,24,26)(H,25,27). The molecule has 1 aliphatic heterocycles. The van der Waals surface area contributed by atoms with E-state index in [9.17, 15) is 14.0 Å². The first-order valence-corrected chi connectivity index (χ1v) is 9.51. The molecule has 0 spiro atoms. The third-order valence-corrected chi connectivity index (χ3v) is 5.47. The average molecular weight is 405 g/mol. The maximum absolute atomic E-state index is 13.3. The lowest BCUT2D eigenvalue weighted by molar-refractivity contribution is -0.139. The summed E-state index contributed by atoms with van der Waals surface area (Å²) in [6.45, 7) is 1.54. The van der Waals surface area contributed by atoms with Crippen molar-refractivity contribution in [2.75, 3.05) is 19.8 Å². The van der Waals surface area contributed by atoms with Crippen LogP contribution in [0, 0.1) is 5.82 Å². The fraction of sp³-hybridized carbons (Fsp3) is 0.333. The Hall–Kier alpha value is -2.44. The second-order valence-electron chi connectivity index (χ2n) is 6.86. The molecule has 1 heterocycles. The molecule has 2 N–H and O–H groups in total. The van der Waals surface area contributed by atoms with E-state index < -0.39 is 11.8 Å². The van der Waals surface area contributed by atoms with E-state index in [1.165, 1.54) is 12.1 Å². The Morgan fingerprint density at radius 1 is 1.00 bits per heavy atom. The minimum absolute atomic E-state index is 0.170. The summed E-state index contributed by atoms with van der Waals surface area (Å²) >= 11 is 6.06. The van der Waals surface area contributed by atoms with Crippen LogP contribution in [-0.4, -0.2) is 31.6 Å². The van der Waals surface area contributed by atoms with Crippen LogP contribution in [0.25, 0.3) is 0 Å². The molecule has 2 amide bonds. The van der Waals surface area contributed by atoms with E-state index in [2.05, 4.69) is 10.6 Å². The molecule has 148 valence electrons. The molecule has 28 heavy (non-hydrogen) atoms. The number of carbonyl (C=O) groups excluding carboxylic acids is 2. The number of amides is 2. The van der Waals surface area contributed by atoms with Crippen molar-refractivity contribution >= 4 is 23.4 Å². The predicted octanol–water partition coefficient (Wildman–Crippen LogP) is 2.96. The Morgan fingerprint density at radius 3 is 2.32 bits per heavy atom. The summed E-state index contributed by atoms with van der Waals surface area (Å²) in [5, 5.41) is 5.83. The molecule has 0 saturated carbocycles. The summed E-state index contributed by atoms with van der Waals surface area (Å²) in [5.74, 6) is -1.74. The summed E-state index contributed by atoms with van der Waals surface area (Å²) in [7, 11) is 0. The van der Waals surface area contributed by atoms with Crippen molar-refractivity contribution in [2.45, 2.75) is 24.8 Å². The molecule has 0 radical (unpaired) electrons. The lowest BCUT2D eigenvalue weighted by Crippen LogP contribution is -2.48. The number of rotatable bonds is 5. The lowest BCUT2D eigenvalue weighted by Gasteiger charge is -2.37. The average Bonchev–Trinajstić information content (AvgIpc) is 2.72. The fourth-order valence-corrected chi connectivity index (χ4v) is 3.56. The highest BCUT2D eigenvalue weighted by molar-refractivity contribution is 6.35. The van der Waals surface area contributed by atoms with Gasteiger partial charge in [-0.2, -0.15) is 0 Å². The molecule has 1 saturated heterocycles. The second-order valence-corrected chi connectivity index (χ2v) is 7.26. The lowest BCUT2D eigenvalue weighted by atomic mass is 9.74. The smallest absolute Gasteiger partial charge is 0.309 e. The first-order chi connectivity index (χ1) is 13.5. The highest BCUT2D eigenvalue weighted by atomic mass is 35.5. The van der Waals surface area contributed by atoms with E-state index in [1.807, 2.05) is 6.07 Å². The summed E-state index contributed by atoms with van der Waals surface area (Å²) in [5.41, 5.74) is 1.27. The Morgan fingerprint density at radius 2 is 1.64 bits per heavy atom. The van der Waals surface area contributed by atoms with E-state index in [-0.39, 0.29) is 24.3 Å². The highest BCUT2D eigenvalue weighted by Crippen LogP contribution is 2.34. The number of hydrogen-bond donors (Lipinski definition) is 2. The second kappa shape index (κ2) is 9.17. The fourth-order valence-electron chi connectivity index (χ4n) is 3.36. The van der Waals surface area contributed by atoms with Gasteiger partial charge in [-0.1, -0.05) is 41.9 Å². The van der Waals surface area contributed by atoms with Crippen molar-refractivity contribution in [3.05, 3.63) is 70.5 Å². The Labute approximate surface area is 168 Å². The monoisotopic (exact) mass is 404 g/mol. The molecule has 0 atom stereocenters. The first-order valence-electron chi connectivity index (χ1n) is 9.13. The Bertz CT molecular complexity index is 836. The molecular formula is C21H22ClFN2O3. The van der Waals surface area contributed by atoms with Gasteiger partial charge in [0.05, 0.1) is 0 Å². The summed E-state index contributed by atoms with van der Waals surface area (Å²) in [6, 6.07) is 13.4. The molecule has 1 aliphatic rings. The van der Waals surface area contributed by atoms with E-state index in [0.29, 0.717) is 31.1 Å². The minimum Gasteiger partial charge on any atom is -0.381 e. The third-order valence-electron chi connectivity index (χ3n) is 5.10. The zero-order valence-electron chi connectivity index (χ0n) is 15.3. The van der Waals surface area contributed by atoms with Gasteiger partial charge < -0.3 is 15.4 Å². The van der Waals surface area contributed by atoms with Gasteiger partial charge in [0, 0.05) is 36.7 Å². The van der Waals surface area contributed by atoms with Crippen molar-refractivity contribution in [3.8, 4) is 0 Å². The minimum atomic E-state index is -0.721. The van der Waals surface area contributed by atoms with Gasteiger partial charge in [0.15, 0.2) is 0 Å². The van der Waals surface area contributed by atoms with Crippen molar-refractivity contribution in [2.24, 2.45) is 0 Å². The Balaban J connectivity index is 1.61. The molecule has 0 unspecified atom stereocenters.